The first kappa shape index (κ1) is 13.6. The molecule has 1 fully saturated rings. The topological polar surface area (TPSA) is 54.0 Å². The van der Waals surface area contributed by atoms with Crippen LogP contribution in [0.5, 0.6) is 0 Å². The summed E-state index contributed by atoms with van der Waals surface area (Å²) in [6.07, 6.45) is 1.92. The third kappa shape index (κ3) is 3.13. The number of amides is 1. The van der Waals surface area contributed by atoms with Crippen LogP contribution in [0.3, 0.4) is 0 Å². The van der Waals surface area contributed by atoms with Gasteiger partial charge < -0.3 is 10.6 Å². The molecule has 98 valence electrons. The summed E-state index contributed by atoms with van der Waals surface area (Å²) in [6.45, 7) is 3.53. The molecule has 0 aromatic carbocycles. The number of aromatic nitrogens is 1. The number of hydrogen-bond acceptors (Lipinski definition) is 3. The van der Waals surface area contributed by atoms with Gasteiger partial charge in [0.1, 0.15) is 5.15 Å². The Morgan fingerprint density at radius 3 is 2.94 bits per heavy atom. The van der Waals surface area contributed by atoms with E-state index in [4.69, 9.17) is 23.2 Å². The molecule has 1 atom stereocenters. The molecule has 1 aromatic rings. The molecule has 2 N–H and O–H groups in total. The maximum Gasteiger partial charge on any atom is 0.228 e. The van der Waals surface area contributed by atoms with Gasteiger partial charge >= 0.3 is 0 Å². The monoisotopic (exact) mass is 287 g/mol. The van der Waals surface area contributed by atoms with Crippen LogP contribution in [0, 0.1) is 12.8 Å². The predicted octanol–water partition coefficient (Wildman–Crippen LogP) is 2.63. The molecule has 2 heterocycles. The van der Waals surface area contributed by atoms with Gasteiger partial charge in [0.25, 0.3) is 0 Å². The summed E-state index contributed by atoms with van der Waals surface area (Å²) in [6, 6.07) is 1.68. The molecule has 0 spiro atoms. The molecule has 1 amide bonds. The molecule has 1 unspecified atom stereocenters. The molecule has 1 saturated heterocycles. The van der Waals surface area contributed by atoms with Crippen molar-refractivity contribution in [1.29, 1.82) is 0 Å². The largest absolute Gasteiger partial charge is 0.323 e. The number of carbonyl (C=O) groups is 1. The number of hydrogen-bond donors (Lipinski definition) is 2. The maximum absolute atomic E-state index is 12.1. The Balaban J connectivity index is 2.11. The number of carbonyl (C=O) groups excluding carboxylic acids is 1. The number of pyridine rings is 1. The molecule has 0 bridgehead atoms. The molecule has 4 nitrogen and oxygen atoms in total. The highest BCUT2D eigenvalue weighted by Gasteiger charge is 2.22. The van der Waals surface area contributed by atoms with E-state index >= 15 is 0 Å². The lowest BCUT2D eigenvalue weighted by Crippen LogP contribution is -2.37. The molecule has 0 aliphatic carbocycles. The zero-order valence-corrected chi connectivity index (χ0v) is 11.6. The van der Waals surface area contributed by atoms with Gasteiger partial charge in [0.05, 0.1) is 11.6 Å². The van der Waals surface area contributed by atoms with Crippen LogP contribution in [0.2, 0.25) is 10.3 Å². The van der Waals surface area contributed by atoms with E-state index in [1.165, 1.54) is 0 Å². The van der Waals surface area contributed by atoms with Gasteiger partial charge in [0, 0.05) is 6.54 Å². The Kier molecular flexibility index (Phi) is 4.43. The fourth-order valence-electron chi connectivity index (χ4n) is 2.05. The van der Waals surface area contributed by atoms with Crippen molar-refractivity contribution < 1.29 is 4.79 Å². The molecule has 6 heteroatoms. The van der Waals surface area contributed by atoms with Crippen molar-refractivity contribution in [1.82, 2.24) is 10.3 Å². The Morgan fingerprint density at radius 2 is 2.33 bits per heavy atom. The summed E-state index contributed by atoms with van der Waals surface area (Å²) in [5, 5.41) is 6.61. The summed E-state index contributed by atoms with van der Waals surface area (Å²) in [7, 11) is 0. The second-order valence-corrected chi connectivity index (χ2v) is 5.21. The van der Waals surface area contributed by atoms with Crippen molar-refractivity contribution in [3.05, 3.63) is 21.9 Å². The van der Waals surface area contributed by atoms with Crippen molar-refractivity contribution in [3.8, 4) is 0 Å². The number of anilines is 1. The van der Waals surface area contributed by atoms with Crippen LogP contribution in [-0.4, -0.2) is 24.0 Å². The number of nitrogens with one attached hydrogen (secondary N) is 2. The van der Waals surface area contributed by atoms with Gasteiger partial charge in [-0.3, -0.25) is 4.79 Å². The van der Waals surface area contributed by atoms with Gasteiger partial charge in [-0.2, -0.15) is 0 Å². The molecule has 2 rings (SSSR count). The van der Waals surface area contributed by atoms with Gasteiger partial charge in [-0.15, -0.1) is 0 Å². The zero-order chi connectivity index (χ0) is 13.1. The highest BCUT2D eigenvalue weighted by molar-refractivity contribution is 6.34. The average Bonchev–Trinajstić information content (AvgIpc) is 2.34. The van der Waals surface area contributed by atoms with Gasteiger partial charge in [0.2, 0.25) is 5.91 Å². The van der Waals surface area contributed by atoms with Gasteiger partial charge in [-0.1, -0.05) is 23.2 Å². The van der Waals surface area contributed by atoms with E-state index in [-0.39, 0.29) is 17.0 Å². The van der Waals surface area contributed by atoms with E-state index in [2.05, 4.69) is 15.6 Å². The first-order valence-electron chi connectivity index (χ1n) is 5.92. The van der Waals surface area contributed by atoms with Gasteiger partial charge in [-0.05, 0) is 37.9 Å². The van der Waals surface area contributed by atoms with Crippen molar-refractivity contribution in [2.45, 2.75) is 19.8 Å². The third-order valence-electron chi connectivity index (χ3n) is 3.06. The summed E-state index contributed by atoms with van der Waals surface area (Å²) in [4.78, 5) is 16.0. The minimum Gasteiger partial charge on any atom is -0.323 e. The number of aryl methyl sites for hydroxylation is 1. The lowest BCUT2D eigenvalue weighted by atomic mass is 9.98. The van der Waals surface area contributed by atoms with Gasteiger partial charge in [0.15, 0.2) is 5.15 Å². The summed E-state index contributed by atoms with van der Waals surface area (Å²) >= 11 is 11.8. The minimum atomic E-state index is -0.0173. The van der Waals surface area contributed by atoms with E-state index in [1.54, 1.807) is 6.07 Å². The normalized spacial score (nSPS) is 19.6. The first-order chi connectivity index (χ1) is 8.58. The summed E-state index contributed by atoms with van der Waals surface area (Å²) in [5.74, 6) is -0.0267. The number of piperidine rings is 1. The first-order valence-corrected chi connectivity index (χ1v) is 6.67. The predicted molar refractivity (Wildman–Crippen MR) is 73.2 cm³/mol. The number of rotatable bonds is 2. The Labute approximate surface area is 116 Å². The molecule has 0 radical (unpaired) electrons. The Hall–Kier alpha value is -0.840. The van der Waals surface area contributed by atoms with Crippen LogP contribution in [0.15, 0.2) is 6.07 Å². The average molecular weight is 288 g/mol. The number of halogens is 2. The zero-order valence-electron chi connectivity index (χ0n) is 10.1. The molecular formula is C12H15Cl2N3O. The van der Waals surface area contributed by atoms with Crippen LogP contribution in [-0.2, 0) is 4.79 Å². The summed E-state index contributed by atoms with van der Waals surface area (Å²) < 4.78 is 0. The van der Waals surface area contributed by atoms with Crippen molar-refractivity contribution in [2.24, 2.45) is 5.92 Å². The molecule has 0 saturated carbocycles. The smallest absolute Gasteiger partial charge is 0.228 e. The van der Waals surface area contributed by atoms with Crippen LogP contribution < -0.4 is 10.6 Å². The second-order valence-electron chi connectivity index (χ2n) is 4.46. The SMILES string of the molecule is Cc1cc(Cl)nc(Cl)c1NC(=O)C1CCCNC1. The van der Waals surface area contributed by atoms with Crippen LogP contribution in [0.4, 0.5) is 5.69 Å². The molecule has 1 aromatic heterocycles. The molecule has 1 aliphatic rings. The van der Waals surface area contributed by atoms with E-state index < -0.39 is 0 Å². The maximum atomic E-state index is 12.1. The fourth-order valence-corrected chi connectivity index (χ4v) is 2.63. The molecular weight excluding hydrogens is 273 g/mol. The quantitative estimate of drug-likeness (QED) is 0.823. The summed E-state index contributed by atoms with van der Waals surface area (Å²) in [5.41, 5.74) is 1.37. The van der Waals surface area contributed by atoms with Crippen molar-refractivity contribution in [3.63, 3.8) is 0 Å². The number of nitrogens with zero attached hydrogens (tertiary/aromatic N) is 1. The van der Waals surface area contributed by atoms with Crippen LogP contribution in [0.25, 0.3) is 0 Å². The highest BCUT2D eigenvalue weighted by Crippen LogP contribution is 2.27. The van der Waals surface area contributed by atoms with E-state index in [1.807, 2.05) is 6.92 Å². The standard InChI is InChI=1S/C12H15Cl2N3O/c1-7-5-9(13)16-11(14)10(7)17-12(18)8-3-2-4-15-6-8/h5,8,15H,2-4,6H2,1H3,(H,17,18). The van der Waals surface area contributed by atoms with Crippen molar-refractivity contribution >= 4 is 34.8 Å². The van der Waals surface area contributed by atoms with Crippen LogP contribution >= 0.6 is 23.2 Å². The lowest BCUT2D eigenvalue weighted by Gasteiger charge is -2.22. The molecule has 18 heavy (non-hydrogen) atoms. The third-order valence-corrected chi connectivity index (χ3v) is 3.52. The Morgan fingerprint density at radius 1 is 1.56 bits per heavy atom. The van der Waals surface area contributed by atoms with Crippen LogP contribution in [0.1, 0.15) is 18.4 Å². The highest BCUT2D eigenvalue weighted by atomic mass is 35.5. The van der Waals surface area contributed by atoms with Gasteiger partial charge in [-0.25, -0.2) is 4.98 Å². The van der Waals surface area contributed by atoms with E-state index in [0.29, 0.717) is 17.4 Å². The lowest BCUT2D eigenvalue weighted by molar-refractivity contribution is -0.120. The fraction of sp³-hybridized carbons (Fsp3) is 0.500. The van der Waals surface area contributed by atoms with E-state index in [9.17, 15) is 4.79 Å². The van der Waals surface area contributed by atoms with Crippen molar-refractivity contribution in [2.75, 3.05) is 18.4 Å². The van der Waals surface area contributed by atoms with E-state index in [0.717, 1.165) is 24.9 Å². The minimum absolute atomic E-state index is 0.00936. The molecule has 1 aliphatic heterocycles. The second kappa shape index (κ2) is 5.87. The Bertz CT molecular complexity index is 436.